The molecule has 0 aliphatic rings. The second kappa shape index (κ2) is 14.0. The first kappa shape index (κ1) is 25.3. The first-order valence-electron chi connectivity index (χ1n) is 11.2. The van der Waals surface area contributed by atoms with Gasteiger partial charge in [0.2, 0.25) is 17.8 Å². The molecule has 9 nitrogen and oxygen atoms in total. The van der Waals surface area contributed by atoms with Gasteiger partial charge in [-0.1, -0.05) is 42.5 Å². The van der Waals surface area contributed by atoms with Crippen LogP contribution >= 0.6 is 0 Å². The molecule has 0 aliphatic carbocycles. The molecule has 0 saturated heterocycles. The van der Waals surface area contributed by atoms with E-state index in [0.29, 0.717) is 70.5 Å². The van der Waals surface area contributed by atoms with Gasteiger partial charge in [-0.3, -0.25) is 0 Å². The summed E-state index contributed by atoms with van der Waals surface area (Å²) in [6, 6.07) is 16.4. The van der Waals surface area contributed by atoms with E-state index in [4.69, 9.17) is 15.2 Å². The number of ether oxygens (including phenoxy) is 2. The summed E-state index contributed by atoms with van der Waals surface area (Å²) in [7, 11) is 1.93. The van der Waals surface area contributed by atoms with Crippen LogP contribution in [-0.2, 0) is 22.6 Å². The van der Waals surface area contributed by atoms with E-state index in [0.717, 1.165) is 11.1 Å². The maximum Gasteiger partial charge on any atom is 0.231 e. The van der Waals surface area contributed by atoms with E-state index in [9.17, 15) is 4.39 Å². The van der Waals surface area contributed by atoms with Crippen LogP contribution in [0.5, 0.6) is 0 Å². The molecule has 0 radical (unpaired) electrons. The lowest BCUT2D eigenvalue weighted by atomic mass is 10.2. The van der Waals surface area contributed by atoms with Crippen molar-refractivity contribution in [3.63, 3.8) is 0 Å². The van der Waals surface area contributed by atoms with Gasteiger partial charge in [-0.2, -0.15) is 15.0 Å². The zero-order valence-electron chi connectivity index (χ0n) is 19.4. The van der Waals surface area contributed by atoms with Crippen LogP contribution in [0, 0.1) is 5.82 Å². The molecular formula is C24H32FN7O2. The number of anilines is 3. The van der Waals surface area contributed by atoms with Crippen molar-refractivity contribution in [1.29, 1.82) is 0 Å². The van der Waals surface area contributed by atoms with Gasteiger partial charge in [0.15, 0.2) is 0 Å². The minimum atomic E-state index is -0.270. The second-order valence-corrected chi connectivity index (χ2v) is 7.54. The summed E-state index contributed by atoms with van der Waals surface area (Å²) in [5, 5.41) is 6.39. The number of aromatic nitrogens is 3. The van der Waals surface area contributed by atoms with Crippen molar-refractivity contribution in [2.75, 3.05) is 62.1 Å². The van der Waals surface area contributed by atoms with E-state index < -0.39 is 0 Å². The van der Waals surface area contributed by atoms with Crippen molar-refractivity contribution < 1.29 is 13.9 Å². The van der Waals surface area contributed by atoms with Gasteiger partial charge in [0, 0.05) is 33.2 Å². The largest absolute Gasteiger partial charge is 0.378 e. The summed E-state index contributed by atoms with van der Waals surface area (Å²) in [4.78, 5) is 15.6. The van der Waals surface area contributed by atoms with Crippen LogP contribution in [0.1, 0.15) is 11.1 Å². The highest BCUT2D eigenvalue weighted by Crippen LogP contribution is 2.16. The van der Waals surface area contributed by atoms with E-state index in [1.54, 1.807) is 12.1 Å². The maximum absolute atomic E-state index is 13.2. The third-order valence-corrected chi connectivity index (χ3v) is 4.76. The highest BCUT2D eigenvalue weighted by atomic mass is 19.1. The molecule has 0 saturated carbocycles. The Bertz CT molecular complexity index is 977. The third kappa shape index (κ3) is 8.89. The van der Waals surface area contributed by atoms with Crippen molar-refractivity contribution in [2.45, 2.75) is 13.1 Å². The molecule has 0 amide bonds. The minimum Gasteiger partial charge on any atom is -0.378 e. The zero-order chi connectivity index (χ0) is 24.0. The molecule has 3 rings (SSSR count). The van der Waals surface area contributed by atoms with Crippen molar-refractivity contribution in [3.8, 4) is 0 Å². The van der Waals surface area contributed by atoms with E-state index in [1.165, 1.54) is 12.1 Å². The number of benzene rings is 2. The summed E-state index contributed by atoms with van der Waals surface area (Å²) >= 11 is 0. The normalized spacial score (nSPS) is 10.8. The second-order valence-electron chi connectivity index (χ2n) is 7.54. The van der Waals surface area contributed by atoms with Crippen LogP contribution in [0.4, 0.5) is 22.2 Å². The number of hydrogen-bond donors (Lipinski definition) is 3. The fourth-order valence-electron chi connectivity index (χ4n) is 3.05. The predicted molar refractivity (Wildman–Crippen MR) is 131 cm³/mol. The number of halogens is 1. The average molecular weight is 470 g/mol. The molecule has 0 spiro atoms. The molecule has 0 fully saturated rings. The van der Waals surface area contributed by atoms with Gasteiger partial charge < -0.3 is 30.7 Å². The number of nitrogens with one attached hydrogen (secondary N) is 2. The van der Waals surface area contributed by atoms with Crippen LogP contribution in [0.15, 0.2) is 54.6 Å². The SMILES string of the molecule is CN(Cc1ccccc1)c1nc(NCCOCCOCCN)nc(NCc2ccc(F)cc2)n1. The van der Waals surface area contributed by atoms with Crippen molar-refractivity contribution in [2.24, 2.45) is 5.73 Å². The summed E-state index contributed by atoms with van der Waals surface area (Å²) in [5.74, 6) is 1.12. The first-order valence-corrected chi connectivity index (χ1v) is 11.2. The molecule has 2 aromatic carbocycles. The summed E-state index contributed by atoms with van der Waals surface area (Å²) in [5.41, 5.74) is 7.45. The van der Waals surface area contributed by atoms with E-state index >= 15 is 0 Å². The summed E-state index contributed by atoms with van der Waals surface area (Å²) in [6.45, 7) is 4.14. The third-order valence-electron chi connectivity index (χ3n) is 4.76. The Morgan fingerprint density at radius 1 is 0.824 bits per heavy atom. The van der Waals surface area contributed by atoms with Gasteiger partial charge in [0.1, 0.15) is 5.82 Å². The number of rotatable bonds is 15. The Morgan fingerprint density at radius 3 is 2.21 bits per heavy atom. The number of nitrogens with zero attached hydrogens (tertiary/aromatic N) is 4. The number of nitrogens with two attached hydrogens (primary N) is 1. The molecular weight excluding hydrogens is 437 g/mol. The smallest absolute Gasteiger partial charge is 0.231 e. The van der Waals surface area contributed by atoms with Crippen molar-refractivity contribution in [1.82, 2.24) is 15.0 Å². The minimum absolute atomic E-state index is 0.270. The Hall–Kier alpha value is -3.34. The van der Waals surface area contributed by atoms with Gasteiger partial charge in [0.05, 0.1) is 26.4 Å². The van der Waals surface area contributed by atoms with Crippen LogP contribution in [0.25, 0.3) is 0 Å². The lowest BCUT2D eigenvalue weighted by Gasteiger charge is -2.19. The molecule has 1 heterocycles. The molecule has 0 aliphatic heterocycles. The Labute approximate surface area is 199 Å². The van der Waals surface area contributed by atoms with Crippen LogP contribution in [0.2, 0.25) is 0 Å². The standard InChI is InChI=1S/C24H32FN7O2/c1-32(18-20-5-3-2-4-6-20)24-30-22(27-12-14-34-16-15-33-13-11-26)29-23(31-24)28-17-19-7-9-21(25)10-8-19/h2-10H,11-18,26H2,1H3,(H2,27,28,29,30,31). The van der Waals surface area contributed by atoms with E-state index in [-0.39, 0.29) is 5.82 Å². The lowest BCUT2D eigenvalue weighted by Crippen LogP contribution is -2.22. The lowest BCUT2D eigenvalue weighted by molar-refractivity contribution is 0.0547. The van der Waals surface area contributed by atoms with Crippen molar-refractivity contribution >= 4 is 17.8 Å². The molecule has 34 heavy (non-hydrogen) atoms. The van der Waals surface area contributed by atoms with Crippen LogP contribution in [-0.4, -0.2) is 61.5 Å². The monoisotopic (exact) mass is 469 g/mol. The number of hydrogen-bond acceptors (Lipinski definition) is 9. The van der Waals surface area contributed by atoms with Gasteiger partial charge in [-0.15, -0.1) is 0 Å². The molecule has 0 unspecified atom stereocenters. The molecule has 0 atom stereocenters. The Morgan fingerprint density at radius 2 is 1.50 bits per heavy atom. The maximum atomic E-state index is 13.2. The fourth-order valence-corrected chi connectivity index (χ4v) is 3.05. The van der Waals surface area contributed by atoms with E-state index in [1.807, 2.05) is 30.1 Å². The highest BCUT2D eigenvalue weighted by molar-refractivity contribution is 5.44. The van der Waals surface area contributed by atoms with Gasteiger partial charge in [-0.05, 0) is 23.3 Å². The quantitative estimate of drug-likeness (QED) is 0.289. The van der Waals surface area contributed by atoms with Crippen LogP contribution in [0.3, 0.4) is 0 Å². The molecule has 3 aromatic rings. The topological polar surface area (TPSA) is 110 Å². The Balaban J connectivity index is 1.62. The van der Waals surface area contributed by atoms with Gasteiger partial charge in [-0.25, -0.2) is 4.39 Å². The first-order chi connectivity index (χ1) is 16.6. The molecule has 4 N–H and O–H groups in total. The van der Waals surface area contributed by atoms with E-state index in [2.05, 4.69) is 37.7 Å². The van der Waals surface area contributed by atoms with Crippen molar-refractivity contribution in [3.05, 3.63) is 71.5 Å². The summed E-state index contributed by atoms with van der Waals surface area (Å²) < 4.78 is 24.0. The predicted octanol–water partition coefficient (Wildman–Crippen LogP) is 2.66. The summed E-state index contributed by atoms with van der Waals surface area (Å²) in [6.07, 6.45) is 0. The fraction of sp³-hybridized carbons (Fsp3) is 0.375. The molecule has 0 bridgehead atoms. The molecule has 182 valence electrons. The zero-order valence-corrected chi connectivity index (χ0v) is 19.4. The molecule has 1 aromatic heterocycles. The highest BCUT2D eigenvalue weighted by Gasteiger charge is 2.11. The Kier molecular flexibility index (Phi) is 10.4. The van der Waals surface area contributed by atoms with Crippen LogP contribution < -0.4 is 21.3 Å². The average Bonchev–Trinajstić information content (AvgIpc) is 2.86. The van der Waals surface area contributed by atoms with Gasteiger partial charge >= 0.3 is 0 Å². The van der Waals surface area contributed by atoms with Gasteiger partial charge in [0.25, 0.3) is 0 Å². The molecule has 10 heteroatoms.